The normalized spacial score (nSPS) is 22.3. The molecule has 0 atom stereocenters. The van der Waals surface area contributed by atoms with Gasteiger partial charge >= 0.3 is 0 Å². The molecule has 0 nitrogen and oxygen atoms in total. The van der Waals surface area contributed by atoms with Crippen LogP contribution in [0.2, 0.25) is 11.4 Å². The Balaban J connectivity index is 1.80. The Hall–Kier alpha value is 0.649. The third kappa shape index (κ3) is 2.33. The Morgan fingerprint density at radius 3 is 1.08 bits per heavy atom. The van der Waals surface area contributed by atoms with E-state index in [-0.39, 0.29) is 0 Å². The predicted molar refractivity (Wildman–Crippen MR) is 65.0 cm³/mol. The molecule has 0 aromatic carbocycles. The van der Waals surface area contributed by atoms with E-state index in [1.165, 1.54) is 0 Å². The van der Waals surface area contributed by atoms with Gasteiger partial charge in [-0.25, -0.2) is 0 Å². The summed E-state index contributed by atoms with van der Waals surface area (Å²) in [4.78, 5) is 0. The van der Waals surface area contributed by atoms with Crippen molar-refractivity contribution in [1.29, 1.82) is 0 Å². The van der Waals surface area contributed by atoms with Crippen molar-refractivity contribution in [3.05, 3.63) is 0 Å². The van der Waals surface area contributed by atoms with Crippen LogP contribution in [-0.4, -0.2) is 71.0 Å². The van der Waals surface area contributed by atoms with Gasteiger partial charge in [0.1, 0.15) is 0 Å². The molecule has 0 aliphatic carbocycles. The van der Waals surface area contributed by atoms with Gasteiger partial charge in [0.15, 0.2) is 0 Å². The minimum atomic E-state index is 0.552. The number of hydrogen-bond donors (Lipinski definition) is 0. The van der Waals surface area contributed by atoms with Crippen LogP contribution in [-0.2, 0) is 0 Å². The highest BCUT2D eigenvalue weighted by molar-refractivity contribution is 7.60. The van der Waals surface area contributed by atoms with E-state index in [0.717, 1.165) is 0 Å². The van der Waals surface area contributed by atoms with E-state index in [1.54, 1.807) is 0 Å². The van der Waals surface area contributed by atoms with Crippen molar-refractivity contribution in [2.45, 2.75) is 11.4 Å². The molecule has 10 heteroatoms. The first kappa shape index (κ1) is 9.21. The quantitative estimate of drug-likeness (QED) is 0.333. The van der Waals surface area contributed by atoms with Crippen molar-refractivity contribution in [3.8, 4) is 0 Å². The van der Waals surface area contributed by atoms with Crippen LogP contribution in [0.25, 0.3) is 0 Å². The van der Waals surface area contributed by atoms with E-state index >= 15 is 0 Å². The van der Waals surface area contributed by atoms with Crippen molar-refractivity contribution in [3.63, 3.8) is 0 Å². The zero-order valence-corrected chi connectivity index (χ0v) is 6.93. The van der Waals surface area contributed by atoms with Crippen molar-refractivity contribution in [2.24, 2.45) is 0 Å². The largest absolute Gasteiger partial charge is 0.123 e. The summed E-state index contributed by atoms with van der Waals surface area (Å²) >= 11 is 0. The van der Waals surface area contributed by atoms with E-state index < -0.39 is 0 Å². The molecule has 0 spiro atoms. The Morgan fingerprint density at radius 2 is 0.750 bits per heavy atom. The molecule has 2 heterocycles. The molecule has 0 N–H and O–H groups in total. The number of rotatable bonds is 1. The molecule has 12 heavy (non-hydrogen) atoms. The van der Waals surface area contributed by atoms with E-state index in [9.17, 15) is 0 Å². The van der Waals surface area contributed by atoms with Crippen LogP contribution in [0.4, 0.5) is 0 Å². The van der Waals surface area contributed by atoms with Gasteiger partial charge in [0.05, 0.1) is 0 Å². The summed E-state index contributed by atoms with van der Waals surface area (Å²) in [6.07, 6.45) is 0. The summed E-state index contributed by atoms with van der Waals surface area (Å²) in [6.45, 7) is 0. The fraction of sp³-hybridized carbons (Fsp3) is 1.00. The van der Waals surface area contributed by atoms with Crippen LogP contribution in [0.3, 0.4) is 0 Å². The molecule has 40 valence electrons. The second kappa shape index (κ2) is 4.77. The molecule has 2 aliphatic rings. The molecule has 0 bridgehead atoms. The SMILES string of the molecule is [B]1[B][B]C(C2[B][B][B][B][B]2)[B][B]1. The molecular weight excluding hydrogens is 132 g/mol. The van der Waals surface area contributed by atoms with Crippen LogP contribution in [0.1, 0.15) is 0 Å². The van der Waals surface area contributed by atoms with Gasteiger partial charge in [0, 0.05) is 71.0 Å². The van der Waals surface area contributed by atoms with Gasteiger partial charge < -0.3 is 0 Å². The minimum absolute atomic E-state index is 0.552. The fourth-order valence-electron chi connectivity index (χ4n) is 1.54. The lowest BCUT2D eigenvalue weighted by Crippen LogP contribution is -2.46. The molecule has 2 fully saturated rings. The first-order valence-electron chi connectivity index (χ1n) is 4.33. The van der Waals surface area contributed by atoms with E-state index in [0.29, 0.717) is 11.4 Å². The standard InChI is InChI=1S/C2H2B10/c3-1(4-8-11-7-3)2-5-9-12-10-6-2/h1-2H. The Labute approximate surface area is 82.8 Å². The van der Waals surface area contributed by atoms with Gasteiger partial charge in [-0.2, -0.15) is 0 Å². The summed E-state index contributed by atoms with van der Waals surface area (Å²) in [5.41, 5.74) is 1.10. The molecule has 0 saturated carbocycles. The van der Waals surface area contributed by atoms with Gasteiger partial charge in [-0.05, 0) is 0 Å². The maximum atomic E-state index is 2.24. The van der Waals surface area contributed by atoms with Gasteiger partial charge in [0.25, 0.3) is 0 Å². The van der Waals surface area contributed by atoms with Gasteiger partial charge in [0.2, 0.25) is 0 Å². The van der Waals surface area contributed by atoms with Crippen LogP contribution in [0.5, 0.6) is 0 Å². The van der Waals surface area contributed by atoms with Crippen molar-refractivity contribution < 1.29 is 0 Å². The maximum absolute atomic E-state index is 2.24. The highest BCUT2D eigenvalue weighted by atomic mass is 13.8. The maximum Gasteiger partial charge on any atom is 0.0458 e. The first-order valence-corrected chi connectivity index (χ1v) is 4.33. The molecule has 2 rings (SSSR count). The summed E-state index contributed by atoms with van der Waals surface area (Å²) < 4.78 is 0. The van der Waals surface area contributed by atoms with Gasteiger partial charge in [-0.15, -0.1) is 11.4 Å². The average molecular weight is 134 g/mol. The molecule has 0 aromatic rings. The van der Waals surface area contributed by atoms with Crippen molar-refractivity contribution in [1.82, 2.24) is 0 Å². The zero-order valence-electron chi connectivity index (χ0n) is 6.93. The molecular formula is C2H2B10. The average Bonchev–Trinajstić information content (AvgIpc) is 2.21. The highest BCUT2D eigenvalue weighted by Gasteiger charge is 2.26. The highest BCUT2D eigenvalue weighted by Crippen LogP contribution is 2.21. The molecule has 0 amide bonds. The van der Waals surface area contributed by atoms with Gasteiger partial charge in [-0.1, -0.05) is 0 Å². The summed E-state index contributed by atoms with van der Waals surface area (Å²) in [5, 5.41) is 0. The molecule has 10 radical (unpaired) electrons. The smallest absolute Gasteiger partial charge is 0.0458 e. The van der Waals surface area contributed by atoms with Gasteiger partial charge in [-0.3, -0.25) is 0 Å². The Kier molecular flexibility index (Phi) is 3.66. The van der Waals surface area contributed by atoms with Crippen LogP contribution < -0.4 is 0 Å². The first-order chi connectivity index (χ1) is 5.97. The summed E-state index contributed by atoms with van der Waals surface area (Å²) in [6, 6.07) is 0. The van der Waals surface area contributed by atoms with E-state index in [1.807, 2.05) is 0 Å². The van der Waals surface area contributed by atoms with Crippen LogP contribution in [0.15, 0.2) is 0 Å². The second-order valence-electron chi connectivity index (χ2n) is 3.08. The lowest BCUT2D eigenvalue weighted by atomic mass is 8.84. The third-order valence-electron chi connectivity index (χ3n) is 2.22. The topological polar surface area (TPSA) is 0 Å². The monoisotopic (exact) mass is 136 g/mol. The fourth-order valence-corrected chi connectivity index (χ4v) is 1.54. The minimum Gasteiger partial charge on any atom is -0.123 e. The second-order valence-corrected chi connectivity index (χ2v) is 3.08. The van der Waals surface area contributed by atoms with Crippen molar-refractivity contribution in [2.75, 3.05) is 0 Å². The molecule has 0 aromatic heterocycles. The van der Waals surface area contributed by atoms with Crippen molar-refractivity contribution >= 4 is 71.0 Å². The van der Waals surface area contributed by atoms with E-state index in [2.05, 4.69) is 71.0 Å². The molecule has 2 aliphatic heterocycles. The zero-order chi connectivity index (χ0) is 8.23. The summed E-state index contributed by atoms with van der Waals surface area (Å²) in [7, 11) is 21.6. The lowest BCUT2D eigenvalue weighted by molar-refractivity contribution is 1.23. The predicted octanol–water partition coefficient (Wildman–Crippen LogP) is -3.13. The van der Waals surface area contributed by atoms with E-state index in [4.69, 9.17) is 0 Å². The Bertz CT molecular complexity index is 108. The molecule has 2 saturated heterocycles. The van der Waals surface area contributed by atoms with Crippen LogP contribution >= 0.6 is 0 Å². The molecule has 0 unspecified atom stereocenters. The Morgan fingerprint density at radius 1 is 0.417 bits per heavy atom. The van der Waals surface area contributed by atoms with Crippen LogP contribution in [0, 0.1) is 0 Å². The lowest BCUT2D eigenvalue weighted by Gasteiger charge is -2.31. The number of hydrogen-bond acceptors (Lipinski definition) is 0. The third-order valence-corrected chi connectivity index (χ3v) is 2.22. The summed E-state index contributed by atoms with van der Waals surface area (Å²) in [5.74, 6) is 0.